The summed E-state index contributed by atoms with van der Waals surface area (Å²) in [6.45, 7) is 3.25. The largest absolute Gasteiger partial charge is 0.495 e. The van der Waals surface area contributed by atoms with Gasteiger partial charge in [-0.25, -0.2) is 4.79 Å². The highest BCUT2D eigenvalue weighted by Crippen LogP contribution is 2.29. The molecule has 0 atom stereocenters. The minimum absolute atomic E-state index is 0.0705. The monoisotopic (exact) mass is 349 g/mol. The Balaban J connectivity index is 1.51. The number of benzene rings is 1. The number of furan rings is 1. The van der Waals surface area contributed by atoms with Crippen molar-refractivity contribution in [3.63, 3.8) is 0 Å². The maximum absolute atomic E-state index is 12.2. The number of nitrogens with one attached hydrogen (secondary N) is 1. The zero-order valence-electron chi connectivity index (χ0n) is 13.5. The summed E-state index contributed by atoms with van der Waals surface area (Å²) in [6.07, 6.45) is 1.60. The van der Waals surface area contributed by atoms with Crippen molar-refractivity contribution in [2.75, 3.05) is 38.2 Å². The number of methoxy groups -OCH3 is 1. The van der Waals surface area contributed by atoms with E-state index in [1.54, 1.807) is 19.4 Å². The Morgan fingerprint density at radius 1 is 1.29 bits per heavy atom. The van der Waals surface area contributed by atoms with Crippen LogP contribution in [-0.4, -0.2) is 44.2 Å². The van der Waals surface area contributed by atoms with E-state index >= 15 is 0 Å². The molecule has 1 saturated heterocycles. The number of halogens is 1. The van der Waals surface area contributed by atoms with E-state index in [0.29, 0.717) is 30.4 Å². The summed E-state index contributed by atoms with van der Waals surface area (Å²) < 4.78 is 10.4. The first-order valence-corrected chi connectivity index (χ1v) is 8.19. The average Bonchev–Trinajstić information content (AvgIpc) is 3.13. The molecule has 128 valence electrons. The maximum atomic E-state index is 12.2. The number of anilines is 1. The van der Waals surface area contributed by atoms with Crippen molar-refractivity contribution < 1.29 is 13.9 Å². The van der Waals surface area contributed by atoms with Gasteiger partial charge in [-0.1, -0.05) is 11.6 Å². The lowest BCUT2D eigenvalue weighted by molar-refractivity contribution is 0.193. The summed E-state index contributed by atoms with van der Waals surface area (Å²) in [5.74, 6) is 1.41. The van der Waals surface area contributed by atoms with Crippen LogP contribution in [0.15, 0.2) is 41.0 Å². The first-order valence-electron chi connectivity index (χ1n) is 7.81. The lowest BCUT2D eigenvalue weighted by Crippen LogP contribution is -2.51. The number of ether oxygens (including phenoxy) is 1. The number of hydrogen-bond donors (Lipinski definition) is 1. The molecule has 1 aliphatic heterocycles. The molecule has 1 aromatic carbocycles. The summed E-state index contributed by atoms with van der Waals surface area (Å²) in [5.41, 5.74) is 1.04. The van der Waals surface area contributed by atoms with Crippen molar-refractivity contribution in [3.8, 4) is 5.75 Å². The summed E-state index contributed by atoms with van der Waals surface area (Å²) in [4.78, 5) is 16.2. The number of carbonyl (C=O) groups is 1. The van der Waals surface area contributed by atoms with E-state index in [-0.39, 0.29) is 6.03 Å². The molecule has 1 fully saturated rings. The first-order chi connectivity index (χ1) is 11.7. The molecule has 1 aromatic heterocycles. The van der Waals surface area contributed by atoms with Gasteiger partial charge in [0.1, 0.15) is 11.5 Å². The van der Waals surface area contributed by atoms with Crippen molar-refractivity contribution in [1.82, 2.24) is 10.2 Å². The van der Waals surface area contributed by atoms with Gasteiger partial charge in [0.15, 0.2) is 0 Å². The van der Waals surface area contributed by atoms with Gasteiger partial charge in [0.25, 0.3) is 0 Å². The van der Waals surface area contributed by atoms with Gasteiger partial charge in [0, 0.05) is 31.9 Å². The molecule has 3 rings (SSSR count). The molecule has 1 aliphatic rings. The van der Waals surface area contributed by atoms with Crippen LogP contribution in [0.25, 0.3) is 0 Å². The van der Waals surface area contributed by atoms with E-state index < -0.39 is 0 Å². The number of rotatable bonds is 4. The second kappa shape index (κ2) is 7.49. The smallest absolute Gasteiger partial charge is 0.317 e. The third kappa shape index (κ3) is 3.76. The number of amides is 2. The van der Waals surface area contributed by atoms with Crippen LogP contribution in [0, 0.1) is 0 Å². The molecular weight excluding hydrogens is 330 g/mol. The molecule has 2 aromatic rings. The number of piperazine rings is 1. The van der Waals surface area contributed by atoms with Crippen molar-refractivity contribution in [2.45, 2.75) is 6.54 Å². The second-order valence-corrected chi connectivity index (χ2v) is 5.94. The van der Waals surface area contributed by atoms with Gasteiger partial charge in [-0.15, -0.1) is 0 Å². The fraction of sp³-hybridized carbons (Fsp3) is 0.353. The van der Waals surface area contributed by atoms with Crippen LogP contribution in [-0.2, 0) is 6.54 Å². The minimum Gasteiger partial charge on any atom is -0.495 e. The summed E-state index contributed by atoms with van der Waals surface area (Å²) in [7, 11) is 1.60. The van der Waals surface area contributed by atoms with E-state index in [2.05, 4.69) is 10.2 Å². The Kier molecular flexibility index (Phi) is 5.15. The van der Waals surface area contributed by atoms with Crippen molar-refractivity contribution in [3.05, 3.63) is 47.4 Å². The summed E-state index contributed by atoms with van der Waals surface area (Å²) >= 11 is 6.18. The van der Waals surface area contributed by atoms with Crippen LogP contribution in [0.4, 0.5) is 10.5 Å². The maximum Gasteiger partial charge on any atom is 0.317 e. The topological polar surface area (TPSA) is 58.0 Å². The van der Waals surface area contributed by atoms with Crippen LogP contribution in [0.2, 0.25) is 5.02 Å². The van der Waals surface area contributed by atoms with Crippen LogP contribution < -0.4 is 15.0 Å². The Hall–Kier alpha value is -2.34. The fourth-order valence-electron chi connectivity index (χ4n) is 2.71. The quantitative estimate of drug-likeness (QED) is 0.922. The molecule has 0 saturated carbocycles. The zero-order chi connectivity index (χ0) is 16.9. The zero-order valence-corrected chi connectivity index (χ0v) is 14.3. The van der Waals surface area contributed by atoms with E-state index in [1.807, 2.05) is 29.2 Å². The molecule has 6 nitrogen and oxygen atoms in total. The SMILES string of the molecule is COc1ccc(N2CCN(C(=O)NCc3ccco3)CC2)cc1Cl. The van der Waals surface area contributed by atoms with Gasteiger partial charge < -0.3 is 24.3 Å². The third-order valence-electron chi connectivity index (χ3n) is 4.06. The molecule has 0 aliphatic carbocycles. The third-order valence-corrected chi connectivity index (χ3v) is 4.36. The van der Waals surface area contributed by atoms with Crippen molar-refractivity contribution in [1.29, 1.82) is 0 Å². The molecule has 0 radical (unpaired) electrons. The Morgan fingerprint density at radius 2 is 2.08 bits per heavy atom. The van der Waals surface area contributed by atoms with Crippen molar-refractivity contribution >= 4 is 23.3 Å². The Bertz CT molecular complexity index is 682. The van der Waals surface area contributed by atoms with Gasteiger partial charge >= 0.3 is 6.03 Å². The number of hydrogen-bond acceptors (Lipinski definition) is 4. The van der Waals surface area contributed by atoms with E-state index in [4.69, 9.17) is 20.8 Å². The molecule has 1 N–H and O–H groups in total. The predicted molar refractivity (Wildman–Crippen MR) is 92.7 cm³/mol. The molecule has 24 heavy (non-hydrogen) atoms. The average molecular weight is 350 g/mol. The number of carbonyl (C=O) groups excluding carboxylic acids is 1. The van der Waals surface area contributed by atoms with E-state index in [9.17, 15) is 4.79 Å². The fourth-order valence-corrected chi connectivity index (χ4v) is 2.96. The van der Waals surface area contributed by atoms with Crippen LogP contribution in [0.5, 0.6) is 5.75 Å². The van der Waals surface area contributed by atoms with Gasteiger partial charge in [0.05, 0.1) is 24.9 Å². The van der Waals surface area contributed by atoms with Gasteiger partial charge in [-0.3, -0.25) is 0 Å². The summed E-state index contributed by atoms with van der Waals surface area (Å²) in [5, 5.41) is 3.46. The van der Waals surface area contributed by atoms with Crippen molar-refractivity contribution in [2.24, 2.45) is 0 Å². The molecule has 0 spiro atoms. The van der Waals surface area contributed by atoms with E-state index in [0.717, 1.165) is 24.5 Å². The van der Waals surface area contributed by atoms with Crippen LogP contribution in [0.3, 0.4) is 0 Å². The lowest BCUT2D eigenvalue weighted by atomic mass is 10.2. The van der Waals surface area contributed by atoms with Gasteiger partial charge in [0.2, 0.25) is 0 Å². The number of urea groups is 1. The first kappa shape index (κ1) is 16.5. The standard InChI is InChI=1S/C17H20ClN3O3/c1-23-16-5-4-13(11-15(16)18)20-6-8-21(9-7-20)17(22)19-12-14-3-2-10-24-14/h2-5,10-11H,6-9,12H2,1H3,(H,19,22). The highest BCUT2D eigenvalue weighted by atomic mass is 35.5. The molecule has 0 unspecified atom stereocenters. The Labute approximate surface area is 145 Å². The molecule has 7 heteroatoms. The highest BCUT2D eigenvalue weighted by molar-refractivity contribution is 6.32. The Morgan fingerprint density at radius 3 is 2.71 bits per heavy atom. The highest BCUT2D eigenvalue weighted by Gasteiger charge is 2.21. The molecule has 2 heterocycles. The summed E-state index contributed by atoms with van der Waals surface area (Å²) in [6, 6.07) is 9.31. The van der Waals surface area contributed by atoms with E-state index in [1.165, 1.54) is 0 Å². The normalized spacial score (nSPS) is 14.6. The predicted octanol–water partition coefficient (Wildman–Crippen LogP) is 2.97. The van der Waals surface area contributed by atoms with Gasteiger partial charge in [-0.2, -0.15) is 0 Å². The van der Waals surface area contributed by atoms with Crippen LogP contribution >= 0.6 is 11.6 Å². The number of nitrogens with zero attached hydrogens (tertiary/aromatic N) is 2. The lowest BCUT2D eigenvalue weighted by Gasteiger charge is -2.36. The molecule has 2 amide bonds. The molecule has 0 bridgehead atoms. The molecular formula is C17H20ClN3O3. The minimum atomic E-state index is -0.0705. The second-order valence-electron chi connectivity index (χ2n) is 5.53. The van der Waals surface area contributed by atoms with Crippen LogP contribution in [0.1, 0.15) is 5.76 Å². The van der Waals surface area contributed by atoms with Gasteiger partial charge in [-0.05, 0) is 30.3 Å².